The number of imidazole rings is 1. The molecule has 1 fully saturated rings. The lowest BCUT2D eigenvalue weighted by Crippen LogP contribution is -2.08. The summed E-state index contributed by atoms with van der Waals surface area (Å²) in [5.41, 5.74) is 2.28. The minimum absolute atomic E-state index is 0.256. The Bertz CT molecular complexity index is 914. The number of hydrogen-bond donors (Lipinski definition) is 0. The van der Waals surface area contributed by atoms with Crippen molar-refractivity contribution in [2.45, 2.75) is 32.1 Å². The van der Waals surface area contributed by atoms with Gasteiger partial charge in [-0.3, -0.25) is 0 Å². The van der Waals surface area contributed by atoms with Crippen LogP contribution in [0.3, 0.4) is 0 Å². The molecule has 0 aliphatic heterocycles. The zero-order valence-electron chi connectivity index (χ0n) is 12.0. The summed E-state index contributed by atoms with van der Waals surface area (Å²) in [6, 6.07) is 6.97. The van der Waals surface area contributed by atoms with Crippen molar-refractivity contribution in [2.24, 2.45) is 0 Å². The molecule has 1 saturated carbocycles. The number of aryl methyl sites for hydroxylation is 1. The molecular formula is C16H13FN4S. The Kier molecular flexibility index (Phi) is 2.98. The molecule has 0 atom stereocenters. The lowest BCUT2D eigenvalue weighted by Gasteiger charge is -2.21. The molecule has 4 rings (SSSR count). The molecule has 1 aromatic carbocycles. The molecular weight excluding hydrogens is 299 g/mol. The maximum absolute atomic E-state index is 13.4. The highest BCUT2D eigenvalue weighted by molar-refractivity contribution is 7.16. The Morgan fingerprint density at radius 3 is 2.86 bits per heavy atom. The van der Waals surface area contributed by atoms with Crippen molar-refractivity contribution in [3.05, 3.63) is 40.3 Å². The highest BCUT2D eigenvalue weighted by Crippen LogP contribution is 2.39. The normalized spacial score (nSPS) is 15.0. The molecule has 1 aliphatic carbocycles. The van der Waals surface area contributed by atoms with Gasteiger partial charge >= 0.3 is 0 Å². The zero-order chi connectivity index (χ0) is 15.3. The summed E-state index contributed by atoms with van der Waals surface area (Å²) in [4.78, 5) is 5.29. The van der Waals surface area contributed by atoms with Gasteiger partial charge in [0.15, 0.2) is 5.69 Å². The van der Waals surface area contributed by atoms with Gasteiger partial charge in [-0.2, -0.15) is 14.9 Å². The molecule has 0 spiro atoms. The largest absolute Gasteiger partial charge is 0.216 e. The molecule has 0 N–H and O–H groups in total. The summed E-state index contributed by atoms with van der Waals surface area (Å²) in [5.74, 6) is 0.267. The molecule has 2 heterocycles. The van der Waals surface area contributed by atoms with Gasteiger partial charge in [0.1, 0.15) is 22.6 Å². The van der Waals surface area contributed by atoms with E-state index in [2.05, 4.69) is 16.2 Å². The van der Waals surface area contributed by atoms with Gasteiger partial charge < -0.3 is 0 Å². The fourth-order valence-electron chi connectivity index (χ4n) is 2.68. The summed E-state index contributed by atoms with van der Waals surface area (Å²) in [6.45, 7) is 1.70. The lowest BCUT2D eigenvalue weighted by molar-refractivity contribution is 0.415. The molecule has 3 aromatic rings. The first-order chi connectivity index (χ1) is 10.7. The van der Waals surface area contributed by atoms with E-state index in [4.69, 9.17) is 0 Å². The van der Waals surface area contributed by atoms with Crippen molar-refractivity contribution in [3.8, 4) is 17.3 Å². The lowest BCUT2D eigenvalue weighted by atomic mass is 9.86. The zero-order valence-corrected chi connectivity index (χ0v) is 12.8. The second-order valence-electron chi connectivity index (χ2n) is 5.65. The Morgan fingerprint density at radius 1 is 1.41 bits per heavy atom. The van der Waals surface area contributed by atoms with Crippen molar-refractivity contribution < 1.29 is 4.39 Å². The second kappa shape index (κ2) is 4.89. The number of nitrogens with zero attached hydrogens (tertiary/aromatic N) is 4. The van der Waals surface area contributed by atoms with Crippen LogP contribution in [0.15, 0.2) is 18.2 Å². The minimum Gasteiger partial charge on any atom is -0.216 e. The number of rotatable bonds is 2. The van der Waals surface area contributed by atoms with Gasteiger partial charge in [-0.15, -0.1) is 0 Å². The van der Waals surface area contributed by atoms with Crippen LogP contribution < -0.4 is 0 Å². The summed E-state index contributed by atoms with van der Waals surface area (Å²) >= 11 is 1.55. The standard InChI is InChI=1S/C16H13FN4S/c1-9-7-11(5-6-12(9)17)14-13(8-18)21-16(19-14)22-15(20-21)10-3-2-4-10/h5-7,10H,2-4H2,1H3. The van der Waals surface area contributed by atoms with E-state index in [0.29, 0.717) is 22.9 Å². The highest BCUT2D eigenvalue weighted by atomic mass is 32.1. The van der Waals surface area contributed by atoms with Crippen molar-refractivity contribution in [1.82, 2.24) is 14.6 Å². The Hall–Kier alpha value is -2.26. The first-order valence-corrected chi connectivity index (χ1v) is 8.05. The van der Waals surface area contributed by atoms with E-state index < -0.39 is 0 Å². The Balaban J connectivity index is 1.85. The first-order valence-electron chi connectivity index (χ1n) is 7.23. The van der Waals surface area contributed by atoms with E-state index in [1.165, 1.54) is 25.3 Å². The smallest absolute Gasteiger partial charge is 0.214 e. The van der Waals surface area contributed by atoms with Crippen LogP contribution in [0, 0.1) is 24.1 Å². The van der Waals surface area contributed by atoms with E-state index in [-0.39, 0.29) is 5.82 Å². The van der Waals surface area contributed by atoms with Gasteiger partial charge in [0, 0.05) is 11.5 Å². The maximum atomic E-state index is 13.4. The van der Waals surface area contributed by atoms with Gasteiger partial charge in [0.25, 0.3) is 0 Å². The summed E-state index contributed by atoms with van der Waals surface area (Å²) < 4.78 is 15.1. The SMILES string of the molecule is Cc1cc(-c2nc3sc(C4CCC4)nn3c2C#N)ccc1F. The van der Waals surface area contributed by atoms with Crippen LogP contribution in [0.5, 0.6) is 0 Å². The monoisotopic (exact) mass is 312 g/mol. The second-order valence-corrected chi connectivity index (χ2v) is 6.63. The number of aromatic nitrogens is 3. The summed E-state index contributed by atoms with van der Waals surface area (Å²) in [5, 5.41) is 15.1. The van der Waals surface area contributed by atoms with Crippen molar-refractivity contribution in [2.75, 3.05) is 0 Å². The molecule has 0 radical (unpaired) electrons. The van der Waals surface area contributed by atoms with Crippen LogP contribution in [0.25, 0.3) is 16.2 Å². The average molecular weight is 312 g/mol. The van der Waals surface area contributed by atoms with Crippen molar-refractivity contribution in [3.63, 3.8) is 0 Å². The molecule has 0 bridgehead atoms. The van der Waals surface area contributed by atoms with Crippen LogP contribution in [0.2, 0.25) is 0 Å². The van der Waals surface area contributed by atoms with E-state index in [1.54, 1.807) is 34.9 Å². The molecule has 110 valence electrons. The topological polar surface area (TPSA) is 54.0 Å². The van der Waals surface area contributed by atoms with E-state index in [1.807, 2.05) is 0 Å². The van der Waals surface area contributed by atoms with Crippen LogP contribution in [-0.2, 0) is 0 Å². The third-order valence-corrected chi connectivity index (χ3v) is 5.28. The van der Waals surface area contributed by atoms with Crippen LogP contribution in [0.1, 0.15) is 41.4 Å². The fourth-order valence-corrected chi connectivity index (χ4v) is 3.74. The summed E-state index contributed by atoms with van der Waals surface area (Å²) in [6.07, 6.45) is 3.59. The number of nitriles is 1. The van der Waals surface area contributed by atoms with Crippen molar-refractivity contribution >= 4 is 16.3 Å². The van der Waals surface area contributed by atoms with E-state index in [0.717, 1.165) is 15.5 Å². The highest BCUT2D eigenvalue weighted by Gasteiger charge is 2.26. The van der Waals surface area contributed by atoms with Crippen LogP contribution in [0.4, 0.5) is 4.39 Å². The molecule has 0 unspecified atom stereocenters. The summed E-state index contributed by atoms with van der Waals surface area (Å²) in [7, 11) is 0. The van der Waals surface area contributed by atoms with Gasteiger partial charge in [-0.1, -0.05) is 17.8 Å². The average Bonchev–Trinajstić information content (AvgIpc) is 2.97. The van der Waals surface area contributed by atoms with E-state index in [9.17, 15) is 9.65 Å². The minimum atomic E-state index is -0.256. The predicted octanol–water partition coefficient (Wildman–Crippen LogP) is 4.04. The Labute approximate surface area is 130 Å². The molecule has 6 heteroatoms. The van der Waals surface area contributed by atoms with Crippen LogP contribution >= 0.6 is 11.3 Å². The van der Waals surface area contributed by atoms with Gasteiger partial charge in [-0.05, 0) is 43.5 Å². The predicted molar refractivity (Wildman–Crippen MR) is 82.3 cm³/mol. The molecule has 0 saturated heterocycles. The fraction of sp³-hybridized carbons (Fsp3) is 0.312. The first kappa shape index (κ1) is 13.4. The number of benzene rings is 1. The molecule has 4 nitrogen and oxygen atoms in total. The van der Waals surface area contributed by atoms with Crippen LogP contribution in [-0.4, -0.2) is 14.6 Å². The number of fused-ring (bicyclic) bond motifs is 1. The number of hydrogen-bond acceptors (Lipinski definition) is 4. The molecule has 1 aliphatic rings. The van der Waals surface area contributed by atoms with Gasteiger partial charge in [0.2, 0.25) is 4.96 Å². The third kappa shape index (κ3) is 1.93. The van der Waals surface area contributed by atoms with Crippen molar-refractivity contribution in [1.29, 1.82) is 5.26 Å². The third-order valence-electron chi connectivity index (χ3n) is 4.21. The quantitative estimate of drug-likeness (QED) is 0.717. The van der Waals surface area contributed by atoms with Gasteiger partial charge in [-0.25, -0.2) is 9.37 Å². The molecule has 2 aromatic heterocycles. The van der Waals surface area contributed by atoms with E-state index >= 15 is 0 Å². The maximum Gasteiger partial charge on any atom is 0.214 e. The van der Waals surface area contributed by atoms with Gasteiger partial charge in [0.05, 0.1) is 0 Å². The molecule has 22 heavy (non-hydrogen) atoms. The molecule has 0 amide bonds. The Morgan fingerprint density at radius 2 is 2.23 bits per heavy atom. The number of halogens is 1.